The zero-order valence-electron chi connectivity index (χ0n) is 23.1. The summed E-state index contributed by atoms with van der Waals surface area (Å²) in [7, 11) is 0. The first kappa shape index (κ1) is 27.9. The van der Waals surface area contributed by atoms with Crippen molar-refractivity contribution in [3.8, 4) is 0 Å². The fourth-order valence-corrected chi connectivity index (χ4v) is 7.05. The molecule has 39 heavy (non-hydrogen) atoms. The Kier molecular flexibility index (Phi) is 8.73. The molecule has 3 heterocycles. The highest BCUT2D eigenvalue weighted by Gasteiger charge is 2.31. The van der Waals surface area contributed by atoms with E-state index in [1.807, 2.05) is 43.2 Å². The molecule has 1 saturated carbocycles. The van der Waals surface area contributed by atoms with Crippen molar-refractivity contribution in [2.24, 2.45) is 0 Å². The van der Waals surface area contributed by atoms with E-state index in [9.17, 15) is 9.59 Å². The number of amides is 2. The van der Waals surface area contributed by atoms with Crippen molar-refractivity contribution in [2.75, 3.05) is 31.1 Å². The highest BCUT2D eigenvalue weighted by Crippen LogP contribution is 2.30. The minimum absolute atomic E-state index is 0.0717. The standard InChI is InChI=1S/C29H39N5O3S2/c1-29(2,3)37-28(36)32-24(18-22-9-6-16-38-22)26(35)33-12-14-34(15-13-33)27-31-23-11-10-20(17-25(23)39-27)19-30-21-7-4-5-8-21/h6,9-11,16-17,21,24,30H,4-5,7-8,12-15,18-19H2,1-3H3,(H,32,36)/t24-/m0/s1. The summed E-state index contributed by atoms with van der Waals surface area (Å²) in [5, 5.41) is 9.51. The molecule has 1 atom stereocenters. The predicted octanol–water partition coefficient (Wildman–Crippen LogP) is 5.17. The lowest BCUT2D eigenvalue weighted by Gasteiger charge is -2.36. The molecule has 2 fully saturated rings. The van der Waals surface area contributed by atoms with Crippen molar-refractivity contribution in [2.45, 2.75) is 77.1 Å². The van der Waals surface area contributed by atoms with Crippen molar-refractivity contribution < 1.29 is 14.3 Å². The van der Waals surface area contributed by atoms with E-state index in [-0.39, 0.29) is 5.91 Å². The molecule has 8 nitrogen and oxygen atoms in total. The first-order valence-electron chi connectivity index (χ1n) is 13.9. The van der Waals surface area contributed by atoms with E-state index < -0.39 is 17.7 Å². The molecule has 0 radical (unpaired) electrons. The summed E-state index contributed by atoms with van der Waals surface area (Å²) in [6.07, 6.45) is 5.13. The van der Waals surface area contributed by atoms with Crippen molar-refractivity contribution >= 4 is 50.0 Å². The number of carbonyl (C=O) groups is 2. The van der Waals surface area contributed by atoms with E-state index in [1.165, 1.54) is 35.9 Å². The molecule has 0 bridgehead atoms. The summed E-state index contributed by atoms with van der Waals surface area (Å²) in [6, 6.07) is 10.5. The maximum Gasteiger partial charge on any atom is 0.408 e. The molecule has 2 aliphatic rings. The van der Waals surface area contributed by atoms with Gasteiger partial charge >= 0.3 is 6.09 Å². The fraction of sp³-hybridized carbons (Fsp3) is 0.552. The van der Waals surface area contributed by atoms with Crippen LogP contribution in [0.1, 0.15) is 56.9 Å². The predicted molar refractivity (Wildman–Crippen MR) is 159 cm³/mol. The summed E-state index contributed by atoms with van der Waals surface area (Å²) in [6.45, 7) is 8.94. The quantitative estimate of drug-likeness (QED) is 0.389. The molecule has 2 aromatic heterocycles. The Hall–Kier alpha value is -2.69. The third-order valence-corrected chi connectivity index (χ3v) is 9.21. The Balaban J connectivity index is 1.19. The van der Waals surface area contributed by atoms with Gasteiger partial charge in [-0.3, -0.25) is 4.79 Å². The number of rotatable bonds is 8. The number of alkyl carbamates (subject to hydrolysis) is 1. The molecule has 2 N–H and O–H groups in total. The molecule has 1 aliphatic heterocycles. The maximum absolute atomic E-state index is 13.5. The van der Waals surface area contributed by atoms with Crippen LogP contribution in [0.4, 0.5) is 9.93 Å². The van der Waals surface area contributed by atoms with Crippen molar-refractivity contribution in [1.29, 1.82) is 0 Å². The van der Waals surface area contributed by atoms with Crippen LogP contribution in [0.5, 0.6) is 0 Å². The van der Waals surface area contributed by atoms with Crippen LogP contribution < -0.4 is 15.5 Å². The Morgan fingerprint density at radius 2 is 1.90 bits per heavy atom. The summed E-state index contributed by atoms with van der Waals surface area (Å²) < 4.78 is 6.64. The van der Waals surface area contributed by atoms with E-state index in [4.69, 9.17) is 9.72 Å². The van der Waals surface area contributed by atoms with E-state index in [1.54, 1.807) is 22.7 Å². The molecule has 10 heteroatoms. The number of nitrogens with zero attached hydrogens (tertiary/aromatic N) is 3. The number of fused-ring (bicyclic) bond motifs is 1. The first-order chi connectivity index (χ1) is 18.7. The average molecular weight is 570 g/mol. The smallest absolute Gasteiger partial charge is 0.408 e. The lowest BCUT2D eigenvalue weighted by atomic mass is 10.1. The van der Waals surface area contributed by atoms with E-state index in [0.717, 1.165) is 22.1 Å². The number of benzene rings is 1. The van der Waals surface area contributed by atoms with Gasteiger partial charge < -0.3 is 25.2 Å². The largest absolute Gasteiger partial charge is 0.444 e. The van der Waals surface area contributed by atoms with Crippen LogP contribution >= 0.6 is 22.7 Å². The number of thiazole rings is 1. The molecule has 210 valence electrons. The molecule has 1 aromatic carbocycles. The van der Waals surface area contributed by atoms with E-state index in [0.29, 0.717) is 38.6 Å². The van der Waals surface area contributed by atoms with Gasteiger partial charge in [0.25, 0.3) is 0 Å². The number of anilines is 1. The summed E-state index contributed by atoms with van der Waals surface area (Å²) in [5.41, 5.74) is 1.70. The highest BCUT2D eigenvalue weighted by molar-refractivity contribution is 7.22. The minimum atomic E-state index is -0.663. The maximum atomic E-state index is 13.5. The van der Waals surface area contributed by atoms with E-state index >= 15 is 0 Å². The molecule has 1 aliphatic carbocycles. The number of hydrogen-bond donors (Lipinski definition) is 2. The van der Waals surface area contributed by atoms with Crippen LogP contribution in [0.3, 0.4) is 0 Å². The zero-order chi connectivity index (χ0) is 27.4. The van der Waals surface area contributed by atoms with Gasteiger partial charge in [0.1, 0.15) is 11.6 Å². The number of aromatic nitrogens is 1. The van der Waals surface area contributed by atoms with Crippen LogP contribution in [0, 0.1) is 0 Å². The van der Waals surface area contributed by atoms with Crippen molar-refractivity contribution in [3.63, 3.8) is 0 Å². The highest BCUT2D eigenvalue weighted by atomic mass is 32.1. The lowest BCUT2D eigenvalue weighted by Crippen LogP contribution is -2.56. The number of piperazine rings is 1. The van der Waals surface area contributed by atoms with Crippen LogP contribution in [0.15, 0.2) is 35.7 Å². The third kappa shape index (κ3) is 7.49. The molecular weight excluding hydrogens is 530 g/mol. The molecule has 0 unspecified atom stereocenters. The third-order valence-electron chi connectivity index (χ3n) is 7.23. The van der Waals surface area contributed by atoms with Crippen molar-refractivity contribution in [1.82, 2.24) is 20.5 Å². The van der Waals surface area contributed by atoms with Gasteiger partial charge in [0.05, 0.1) is 10.2 Å². The molecule has 0 spiro atoms. The fourth-order valence-electron chi connectivity index (χ4n) is 5.21. The lowest BCUT2D eigenvalue weighted by molar-refractivity contribution is -0.133. The van der Waals surface area contributed by atoms with Gasteiger partial charge in [-0.15, -0.1) is 11.3 Å². The molecule has 3 aromatic rings. The number of thiophene rings is 1. The summed E-state index contributed by atoms with van der Waals surface area (Å²) >= 11 is 3.30. The number of hydrogen-bond acceptors (Lipinski definition) is 8. The van der Waals surface area contributed by atoms with Crippen LogP contribution in [0.2, 0.25) is 0 Å². The minimum Gasteiger partial charge on any atom is -0.444 e. The molecule has 2 amide bonds. The molecular formula is C29H39N5O3S2. The van der Waals surface area contributed by atoms with Gasteiger partial charge in [0.2, 0.25) is 5.91 Å². The molecule has 5 rings (SSSR count). The average Bonchev–Trinajstić information content (AvgIpc) is 3.67. The SMILES string of the molecule is CC(C)(C)OC(=O)N[C@@H](Cc1cccs1)C(=O)N1CCN(c2nc3ccc(CNC4CCCC4)cc3s2)CC1. The van der Waals surface area contributed by atoms with E-state index in [2.05, 4.69) is 33.7 Å². The number of nitrogens with one attached hydrogen (secondary N) is 2. The summed E-state index contributed by atoms with van der Waals surface area (Å²) in [4.78, 5) is 36.1. The van der Waals surface area contributed by atoms with Gasteiger partial charge in [-0.2, -0.15) is 0 Å². The normalized spacial score (nSPS) is 17.5. The second-order valence-corrected chi connectivity index (χ2v) is 13.5. The van der Waals surface area contributed by atoms with Crippen molar-refractivity contribution in [3.05, 3.63) is 46.2 Å². The van der Waals surface area contributed by atoms with Gasteiger partial charge in [-0.1, -0.05) is 36.3 Å². The van der Waals surface area contributed by atoms with Crippen LogP contribution in [0.25, 0.3) is 10.2 Å². The Bertz CT molecular complexity index is 1260. The zero-order valence-corrected chi connectivity index (χ0v) is 24.7. The Morgan fingerprint density at radius 1 is 1.13 bits per heavy atom. The monoisotopic (exact) mass is 569 g/mol. The number of carbonyl (C=O) groups excluding carboxylic acids is 2. The Morgan fingerprint density at radius 3 is 2.59 bits per heavy atom. The van der Waals surface area contributed by atoms with Crippen LogP contribution in [-0.2, 0) is 22.5 Å². The van der Waals surface area contributed by atoms with Gasteiger partial charge in [-0.25, -0.2) is 9.78 Å². The van der Waals surface area contributed by atoms with Crippen LogP contribution in [-0.4, -0.2) is 65.7 Å². The Labute approximate surface area is 238 Å². The first-order valence-corrected chi connectivity index (χ1v) is 15.6. The van der Waals surface area contributed by atoms with Gasteiger partial charge in [-0.05, 0) is 62.8 Å². The second kappa shape index (κ2) is 12.2. The van der Waals surface area contributed by atoms with Gasteiger partial charge in [0.15, 0.2) is 5.13 Å². The van der Waals surface area contributed by atoms with Gasteiger partial charge in [0, 0.05) is 50.1 Å². The second-order valence-electron chi connectivity index (χ2n) is 11.5. The topological polar surface area (TPSA) is 86.8 Å². The number of ether oxygens (including phenoxy) is 1. The summed E-state index contributed by atoms with van der Waals surface area (Å²) in [5.74, 6) is -0.0717. The molecule has 1 saturated heterocycles.